The quantitative estimate of drug-likeness (QED) is 0.577. The van der Waals surface area contributed by atoms with E-state index in [-0.39, 0.29) is 5.49 Å². The van der Waals surface area contributed by atoms with Gasteiger partial charge in [-0.1, -0.05) is 12.1 Å². The van der Waals surface area contributed by atoms with Crippen molar-refractivity contribution >= 4 is 27.3 Å². The smallest absolute Gasteiger partial charge is 0.252 e. The van der Waals surface area contributed by atoms with Crippen LogP contribution in [0.25, 0.3) is 26.6 Å². The summed E-state index contributed by atoms with van der Waals surface area (Å²) in [6.45, 7) is 0. The van der Waals surface area contributed by atoms with Crippen LogP contribution in [0.2, 0.25) is 0 Å². The van der Waals surface area contributed by atoms with Crippen molar-refractivity contribution < 1.29 is 0 Å². The number of benzene rings is 1. The van der Waals surface area contributed by atoms with Gasteiger partial charge in [0.05, 0.1) is 28.2 Å². The molecule has 0 saturated carbocycles. The summed E-state index contributed by atoms with van der Waals surface area (Å²) in [7, 11) is 0. The summed E-state index contributed by atoms with van der Waals surface area (Å²) < 4.78 is 2.49. The number of rotatable bonds is 1. The van der Waals surface area contributed by atoms with E-state index >= 15 is 0 Å². The van der Waals surface area contributed by atoms with Gasteiger partial charge in [-0.05, 0) is 12.1 Å². The predicted octanol–water partition coefficient (Wildman–Crippen LogP) is 1.88. The van der Waals surface area contributed by atoms with Gasteiger partial charge in [0, 0.05) is 6.20 Å². The molecule has 0 bridgehead atoms. The third kappa shape index (κ3) is 1.60. The summed E-state index contributed by atoms with van der Waals surface area (Å²) in [5, 5.41) is 13.1. The van der Waals surface area contributed by atoms with Crippen LogP contribution in [0.3, 0.4) is 0 Å². The first-order valence-electron chi connectivity index (χ1n) is 5.92. The van der Waals surface area contributed by atoms with Gasteiger partial charge < -0.3 is 0 Å². The molecule has 0 saturated heterocycles. The van der Waals surface area contributed by atoms with Crippen molar-refractivity contribution in [1.82, 2.24) is 24.6 Å². The molecule has 20 heavy (non-hydrogen) atoms. The summed E-state index contributed by atoms with van der Waals surface area (Å²) in [6, 6.07) is 7.90. The number of hydrogen-bond acceptors (Lipinski definition) is 6. The number of thiazole rings is 1. The Morgan fingerprint density at radius 3 is 2.90 bits per heavy atom. The molecule has 4 aromatic rings. The summed E-state index contributed by atoms with van der Waals surface area (Å²) in [4.78, 5) is 12.8. The molecule has 1 aromatic carbocycles. The normalized spacial score (nSPS) is 11.2. The van der Waals surface area contributed by atoms with Crippen molar-refractivity contribution in [2.45, 2.75) is 0 Å². The van der Waals surface area contributed by atoms with Crippen molar-refractivity contribution in [3.63, 3.8) is 0 Å². The molecule has 0 radical (unpaired) electrons. The van der Waals surface area contributed by atoms with E-state index in [2.05, 4.69) is 20.1 Å². The molecule has 3 heterocycles. The maximum atomic E-state index is 8.24. The molecular formula is C13H8N6S. The first-order chi connectivity index (χ1) is 9.83. The van der Waals surface area contributed by atoms with E-state index in [9.17, 15) is 0 Å². The molecule has 0 aliphatic heterocycles. The maximum Gasteiger partial charge on any atom is 0.252 e. The van der Waals surface area contributed by atoms with Gasteiger partial charge in [0.25, 0.3) is 5.78 Å². The third-order valence-corrected chi connectivity index (χ3v) is 4.00. The molecule has 0 amide bonds. The monoisotopic (exact) mass is 280 g/mol. The minimum atomic E-state index is 0.238. The van der Waals surface area contributed by atoms with Gasteiger partial charge in [-0.25, -0.2) is 15.0 Å². The minimum absolute atomic E-state index is 0.238. The highest BCUT2D eigenvalue weighted by Crippen LogP contribution is 2.27. The lowest BCUT2D eigenvalue weighted by Gasteiger charge is -2.00. The van der Waals surface area contributed by atoms with Crippen LogP contribution in [0.5, 0.6) is 0 Å². The molecule has 96 valence electrons. The van der Waals surface area contributed by atoms with E-state index in [0.29, 0.717) is 11.3 Å². The van der Waals surface area contributed by atoms with Gasteiger partial charge in [0.1, 0.15) is 5.01 Å². The standard InChI is InChI=1S/C13H8N6S/c14-11-8(7-16-13-15-5-6-17-19(11)13)12-18-9-3-1-2-4-10(9)20-12/h1-7,14H. The summed E-state index contributed by atoms with van der Waals surface area (Å²) in [6.07, 6.45) is 4.72. The lowest BCUT2D eigenvalue weighted by atomic mass is 10.3. The Hall–Kier alpha value is -2.67. The topological polar surface area (TPSA) is 79.8 Å². The number of para-hydroxylation sites is 1. The predicted molar refractivity (Wildman–Crippen MR) is 75.3 cm³/mol. The minimum Gasteiger partial charge on any atom is -0.282 e. The lowest BCUT2D eigenvalue weighted by molar-refractivity contribution is 0.807. The highest BCUT2D eigenvalue weighted by Gasteiger charge is 2.10. The van der Waals surface area contributed by atoms with Crippen LogP contribution in [0.1, 0.15) is 0 Å². The second-order valence-corrected chi connectivity index (χ2v) is 5.19. The van der Waals surface area contributed by atoms with E-state index in [1.807, 2.05) is 24.3 Å². The summed E-state index contributed by atoms with van der Waals surface area (Å²) in [5.74, 6) is 0.405. The van der Waals surface area contributed by atoms with Crippen molar-refractivity contribution in [3.8, 4) is 10.6 Å². The van der Waals surface area contributed by atoms with Crippen molar-refractivity contribution in [2.24, 2.45) is 0 Å². The van der Waals surface area contributed by atoms with Crippen molar-refractivity contribution in [1.29, 1.82) is 5.41 Å². The number of hydrogen-bond donors (Lipinski definition) is 1. The van der Waals surface area contributed by atoms with Crippen molar-refractivity contribution in [3.05, 3.63) is 48.3 Å². The molecule has 0 spiro atoms. The Kier molecular flexibility index (Phi) is 2.33. The van der Waals surface area contributed by atoms with Gasteiger partial charge in [-0.15, -0.1) is 11.3 Å². The Morgan fingerprint density at radius 1 is 1.10 bits per heavy atom. The maximum absolute atomic E-state index is 8.24. The molecule has 0 aliphatic carbocycles. The molecule has 7 heteroatoms. The average molecular weight is 280 g/mol. The van der Waals surface area contributed by atoms with Crippen LogP contribution in [0.4, 0.5) is 0 Å². The fourth-order valence-electron chi connectivity index (χ4n) is 1.99. The zero-order valence-electron chi connectivity index (χ0n) is 10.2. The first-order valence-corrected chi connectivity index (χ1v) is 6.74. The van der Waals surface area contributed by atoms with Crippen LogP contribution in [-0.2, 0) is 0 Å². The van der Waals surface area contributed by atoms with Gasteiger partial charge in [0.15, 0.2) is 5.49 Å². The second-order valence-electron chi connectivity index (χ2n) is 4.16. The molecular weight excluding hydrogens is 272 g/mol. The van der Waals surface area contributed by atoms with Crippen LogP contribution in [-0.4, -0.2) is 24.6 Å². The van der Waals surface area contributed by atoms with E-state index < -0.39 is 0 Å². The van der Waals surface area contributed by atoms with Crippen LogP contribution >= 0.6 is 11.3 Å². The van der Waals surface area contributed by atoms with Crippen molar-refractivity contribution in [2.75, 3.05) is 0 Å². The largest absolute Gasteiger partial charge is 0.282 e. The molecule has 1 N–H and O–H groups in total. The Balaban J connectivity index is 2.02. The molecule has 0 fully saturated rings. The molecule has 0 atom stereocenters. The fourth-order valence-corrected chi connectivity index (χ4v) is 2.97. The van der Waals surface area contributed by atoms with Gasteiger partial charge in [0.2, 0.25) is 0 Å². The Bertz CT molecular complexity index is 954. The van der Waals surface area contributed by atoms with E-state index in [1.165, 1.54) is 10.7 Å². The number of nitrogens with one attached hydrogen (secondary N) is 1. The highest BCUT2D eigenvalue weighted by molar-refractivity contribution is 7.21. The lowest BCUT2D eigenvalue weighted by Crippen LogP contribution is -2.20. The fraction of sp³-hybridized carbons (Fsp3) is 0. The van der Waals surface area contributed by atoms with Crippen LogP contribution < -0.4 is 5.49 Å². The Labute approximate surface area is 116 Å². The summed E-state index contributed by atoms with van der Waals surface area (Å²) in [5.41, 5.74) is 1.82. The Morgan fingerprint density at radius 2 is 2.00 bits per heavy atom. The van der Waals surface area contributed by atoms with E-state index in [0.717, 1.165) is 15.2 Å². The molecule has 4 rings (SSSR count). The molecule has 0 aliphatic rings. The number of fused-ring (bicyclic) bond motifs is 2. The molecule has 6 nitrogen and oxygen atoms in total. The third-order valence-electron chi connectivity index (χ3n) is 2.93. The molecule has 3 aromatic heterocycles. The van der Waals surface area contributed by atoms with E-state index in [1.54, 1.807) is 23.7 Å². The van der Waals surface area contributed by atoms with Gasteiger partial charge in [-0.2, -0.15) is 9.61 Å². The zero-order chi connectivity index (χ0) is 13.5. The average Bonchev–Trinajstić information content (AvgIpc) is 2.91. The number of nitrogens with zero attached hydrogens (tertiary/aromatic N) is 5. The van der Waals surface area contributed by atoms with Crippen LogP contribution in [0, 0.1) is 5.41 Å². The van der Waals surface area contributed by atoms with Gasteiger partial charge >= 0.3 is 0 Å². The first kappa shape index (κ1) is 11.2. The zero-order valence-corrected chi connectivity index (χ0v) is 11.0. The number of aromatic nitrogens is 5. The van der Waals surface area contributed by atoms with E-state index in [4.69, 9.17) is 5.41 Å². The molecule has 0 unspecified atom stereocenters. The SMILES string of the molecule is N=c1c(-c2nc3ccccc3s2)cnc2nccnn12. The summed E-state index contributed by atoms with van der Waals surface area (Å²) >= 11 is 1.54. The second kappa shape index (κ2) is 4.17. The van der Waals surface area contributed by atoms with Gasteiger partial charge in [-0.3, -0.25) is 5.41 Å². The van der Waals surface area contributed by atoms with Crippen LogP contribution in [0.15, 0.2) is 42.9 Å². The highest BCUT2D eigenvalue weighted by atomic mass is 32.1.